The first-order valence-corrected chi connectivity index (χ1v) is 7.20. The molecule has 7 heteroatoms. The van der Waals surface area contributed by atoms with Crippen molar-refractivity contribution in [3.8, 4) is 11.5 Å². The Kier molecular flexibility index (Phi) is 3.16. The van der Waals surface area contributed by atoms with Gasteiger partial charge in [0.05, 0.1) is 5.75 Å². The molecule has 0 atom stereocenters. The monoisotopic (exact) mass is 269 g/mol. The normalized spacial score (nSPS) is 11.7. The van der Waals surface area contributed by atoms with Crippen LogP contribution in [-0.2, 0) is 10.0 Å². The van der Waals surface area contributed by atoms with Crippen LogP contribution in [0.5, 0.6) is 0 Å². The molecule has 2 rings (SSSR count). The molecular weight excluding hydrogens is 254 g/mol. The molecule has 6 nitrogen and oxygen atoms in total. The van der Waals surface area contributed by atoms with Crippen molar-refractivity contribution in [1.29, 1.82) is 0 Å². The zero-order chi connectivity index (χ0) is 13.3. The fourth-order valence-electron chi connectivity index (χ4n) is 1.53. The van der Waals surface area contributed by atoms with Crippen LogP contribution < -0.4 is 4.72 Å². The number of nitrogens with zero attached hydrogens (tertiary/aromatic N) is 1. The minimum atomic E-state index is -3.32. The number of anilines is 1. The zero-order valence-electron chi connectivity index (χ0n) is 10.4. The molecule has 0 unspecified atom stereocenters. The predicted molar refractivity (Wildman–Crippen MR) is 68.8 cm³/mol. The number of H-pyrrole nitrogens is 1. The molecule has 0 aromatic carbocycles. The molecule has 0 aliphatic rings. The highest BCUT2D eigenvalue weighted by atomic mass is 32.2. The number of furan rings is 1. The molecule has 18 heavy (non-hydrogen) atoms. The highest BCUT2D eigenvalue weighted by molar-refractivity contribution is 7.92. The van der Waals surface area contributed by atoms with E-state index in [1.807, 2.05) is 19.1 Å². The maximum atomic E-state index is 11.5. The molecule has 0 radical (unpaired) electrons. The molecule has 0 bridgehead atoms. The van der Waals surface area contributed by atoms with E-state index in [0.29, 0.717) is 22.8 Å². The van der Waals surface area contributed by atoms with E-state index in [9.17, 15) is 8.42 Å². The number of hydrogen-bond donors (Lipinski definition) is 2. The van der Waals surface area contributed by atoms with Crippen molar-refractivity contribution in [2.24, 2.45) is 0 Å². The lowest BCUT2D eigenvalue weighted by atomic mass is 10.2. The first kappa shape index (κ1) is 12.7. The van der Waals surface area contributed by atoms with Gasteiger partial charge in [0.15, 0.2) is 11.6 Å². The maximum Gasteiger partial charge on any atom is 0.233 e. The molecule has 2 aromatic heterocycles. The molecular formula is C11H15N3O3S. The van der Waals surface area contributed by atoms with E-state index < -0.39 is 10.0 Å². The molecule has 2 aromatic rings. The lowest BCUT2D eigenvalue weighted by Gasteiger charge is -2.02. The Bertz CT molecular complexity index is 655. The van der Waals surface area contributed by atoms with Gasteiger partial charge in [-0.1, -0.05) is 0 Å². The van der Waals surface area contributed by atoms with Crippen molar-refractivity contribution in [2.45, 2.75) is 20.8 Å². The summed E-state index contributed by atoms with van der Waals surface area (Å²) in [5, 5.41) is 6.74. The standard InChI is InChI=1S/C11H15N3O3S/c1-4-18(15,16)14-11-8(3)10(12-13-11)9-6-5-7(2)17-9/h5-6H,4H2,1-3H3,(H2,12,13,14). The first-order valence-electron chi connectivity index (χ1n) is 5.55. The fraction of sp³-hybridized carbons (Fsp3) is 0.364. The number of aryl methyl sites for hydroxylation is 1. The molecule has 0 amide bonds. The minimum absolute atomic E-state index is 0.00843. The van der Waals surface area contributed by atoms with E-state index in [1.165, 1.54) is 0 Å². The van der Waals surface area contributed by atoms with Gasteiger partial charge in [0.2, 0.25) is 10.0 Å². The molecule has 0 aliphatic heterocycles. The Morgan fingerprint density at radius 3 is 2.67 bits per heavy atom. The largest absolute Gasteiger partial charge is 0.460 e. The second kappa shape index (κ2) is 4.49. The summed E-state index contributed by atoms with van der Waals surface area (Å²) in [5.74, 6) is 1.74. The summed E-state index contributed by atoms with van der Waals surface area (Å²) >= 11 is 0. The summed E-state index contributed by atoms with van der Waals surface area (Å²) in [7, 11) is -3.32. The third kappa shape index (κ3) is 2.40. The molecule has 2 N–H and O–H groups in total. The summed E-state index contributed by atoms with van der Waals surface area (Å²) in [4.78, 5) is 0. The van der Waals surface area contributed by atoms with Crippen molar-refractivity contribution >= 4 is 15.8 Å². The number of hydrogen-bond acceptors (Lipinski definition) is 4. The van der Waals surface area contributed by atoms with Gasteiger partial charge in [-0.2, -0.15) is 5.10 Å². The highest BCUT2D eigenvalue weighted by Crippen LogP contribution is 2.27. The van der Waals surface area contributed by atoms with Crippen molar-refractivity contribution in [1.82, 2.24) is 10.2 Å². The molecule has 0 fully saturated rings. The maximum absolute atomic E-state index is 11.5. The number of nitrogens with one attached hydrogen (secondary N) is 2. The Labute approximate surface area is 105 Å². The third-order valence-electron chi connectivity index (χ3n) is 2.63. The zero-order valence-corrected chi connectivity index (χ0v) is 11.3. The number of sulfonamides is 1. The lowest BCUT2D eigenvalue weighted by molar-refractivity contribution is 0.546. The minimum Gasteiger partial charge on any atom is -0.460 e. The quantitative estimate of drug-likeness (QED) is 0.889. The van der Waals surface area contributed by atoms with Crippen LogP contribution in [0.1, 0.15) is 18.2 Å². The topological polar surface area (TPSA) is 88.0 Å². The van der Waals surface area contributed by atoms with Gasteiger partial charge in [0, 0.05) is 5.56 Å². The molecule has 0 saturated carbocycles. The van der Waals surface area contributed by atoms with Crippen molar-refractivity contribution in [3.05, 3.63) is 23.5 Å². The van der Waals surface area contributed by atoms with E-state index in [2.05, 4.69) is 14.9 Å². The van der Waals surface area contributed by atoms with Gasteiger partial charge >= 0.3 is 0 Å². The second-order valence-corrected chi connectivity index (χ2v) is 6.00. The van der Waals surface area contributed by atoms with Gasteiger partial charge < -0.3 is 4.42 Å². The summed E-state index contributed by atoms with van der Waals surface area (Å²) in [6, 6.07) is 3.65. The summed E-state index contributed by atoms with van der Waals surface area (Å²) in [6.45, 7) is 5.20. The van der Waals surface area contributed by atoms with Crippen molar-refractivity contribution in [3.63, 3.8) is 0 Å². The van der Waals surface area contributed by atoms with Gasteiger partial charge in [0.1, 0.15) is 11.5 Å². The number of aromatic amines is 1. The van der Waals surface area contributed by atoms with Gasteiger partial charge in [-0.25, -0.2) is 8.42 Å². The Morgan fingerprint density at radius 1 is 1.39 bits per heavy atom. The van der Waals surface area contributed by atoms with Gasteiger partial charge in [-0.15, -0.1) is 0 Å². The predicted octanol–water partition coefficient (Wildman–Crippen LogP) is 2.05. The first-order chi connectivity index (χ1) is 8.43. The molecule has 98 valence electrons. The van der Waals surface area contributed by atoms with Gasteiger partial charge in [0.25, 0.3) is 0 Å². The molecule has 0 saturated heterocycles. The third-order valence-corrected chi connectivity index (χ3v) is 3.89. The Morgan fingerprint density at radius 2 is 2.11 bits per heavy atom. The molecule has 0 aliphatic carbocycles. The van der Waals surface area contributed by atoms with E-state index >= 15 is 0 Å². The average molecular weight is 269 g/mol. The summed E-state index contributed by atoms with van der Waals surface area (Å²) in [6.07, 6.45) is 0. The van der Waals surface area contributed by atoms with E-state index in [4.69, 9.17) is 4.42 Å². The van der Waals surface area contributed by atoms with Crippen LogP contribution in [0.4, 0.5) is 5.82 Å². The molecule has 2 heterocycles. The number of aromatic nitrogens is 2. The van der Waals surface area contributed by atoms with Crippen molar-refractivity contribution in [2.75, 3.05) is 10.5 Å². The lowest BCUT2D eigenvalue weighted by Crippen LogP contribution is -2.15. The van der Waals surface area contributed by atoms with Gasteiger partial charge in [-0.3, -0.25) is 9.82 Å². The fourth-order valence-corrected chi connectivity index (χ4v) is 2.16. The van der Waals surface area contributed by atoms with Crippen LogP contribution in [0.2, 0.25) is 0 Å². The van der Waals surface area contributed by atoms with Crippen LogP contribution in [0.15, 0.2) is 16.5 Å². The van der Waals surface area contributed by atoms with Gasteiger partial charge in [-0.05, 0) is 32.9 Å². The molecule has 0 spiro atoms. The van der Waals surface area contributed by atoms with E-state index in [0.717, 1.165) is 5.76 Å². The van der Waals surface area contributed by atoms with Crippen LogP contribution in [0.25, 0.3) is 11.5 Å². The summed E-state index contributed by atoms with van der Waals surface area (Å²) in [5.41, 5.74) is 1.39. The van der Waals surface area contributed by atoms with E-state index in [1.54, 1.807) is 13.8 Å². The van der Waals surface area contributed by atoms with Crippen LogP contribution >= 0.6 is 0 Å². The Balaban J connectivity index is 2.35. The SMILES string of the molecule is CCS(=O)(=O)Nc1n[nH]c(-c2ccc(C)o2)c1C. The average Bonchev–Trinajstić information content (AvgIpc) is 2.87. The highest BCUT2D eigenvalue weighted by Gasteiger charge is 2.17. The Hall–Kier alpha value is -1.76. The summed E-state index contributed by atoms with van der Waals surface area (Å²) < 4.78 is 30.9. The van der Waals surface area contributed by atoms with Crippen LogP contribution in [-0.4, -0.2) is 24.4 Å². The second-order valence-electron chi connectivity index (χ2n) is 3.99. The van der Waals surface area contributed by atoms with Crippen molar-refractivity contribution < 1.29 is 12.8 Å². The number of rotatable bonds is 4. The smallest absolute Gasteiger partial charge is 0.233 e. The van der Waals surface area contributed by atoms with Crippen LogP contribution in [0, 0.1) is 13.8 Å². The van der Waals surface area contributed by atoms with E-state index in [-0.39, 0.29) is 5.75 Å². The van der Waals surface area contributed by atoms with Crippen LogP contribution in [0.3, 0.4) is 0 Å².